The monoisotopic (exact) mass is 445 g/mol. The Morgan fingerprint density at radius 1 is 1.16 bits per heavy atom. The molecule has 1 atom stereocenters. The molecule has 25 heavy (non-hydrogen) atoms. The first kappa shape index (κ1) is 16.1. The van der Waals surface area contributed by atoms with Gasteiger partial charge >= 0.3 is 0 Å². The van der Waals surface area contributed by atoms with E-state index in [0.717, 1.165) is 22.6 Å². The number of halogens is 1. The van der Waals surface area contributed by atoms with E-state index in [4.69, 9.17) is 4.74 Å². The van der Waals surface area contributed by atoms with Crippen molar-refractivity contribution in [2.45, 2.75) is 13.0 Å². The van der Waals surface area contributed by atoms with E-state index >= 15 is 0 Å². The second kappa shape index (κ2) is 6.83. The van der Waals surface area contributed by atoms with Crippen LogP contribution in [0.2, 0.25) is 0 Å². The van der Waals surface area contributed by atoms with E-state index in [0.29, 0.717) is 12.6 Å². The van der Waals surface area contributed by atoms with Crippen molar-refractivity contribution in [2.24, 2.45) is 0 Å². The molecular weight excluding hydrogens is 429 g/mol. The minimum absolute atomic E-state index is 0.136. The van der Waals surface area contributed by atoms with E-state index in [2.05, 4.69) is 79.8 Å². The maximum atomic E-state index is 5.81. The maximum absolute atomic E-state index is 5.81. The van der Waals surface area contributed by atoms with Crippen LogP contribution in [0.25, 0.3) is 5.70 Å². The number of para-hydroxylation sites is 1. The zero-order valence-electron chi connectivity index (χ0n) is 13.6. The second-order valence-electron chi connectivity index (χ2n) is 5.57. The molecule has 1 N–H and O–H groups in total. The molecule has 126 valence electrons. The highest BCUT2D eigenvalue weighted by Crippen LogP contribution is 2.35. The topological polar surface area (TPSA) is 64.9 Å². The highest BCUT2D eigenvalue weighted by Gasteiger charge is 2.26. The molecule has 0 spiro atoms. The van der Waals surface area contributed by atoms with Crippen LogP contribution in [0.1, 0.15) is 24.1 Å². The summed E-state index contributed by atoms with van der Waals surface area (Å²) in [5, 5.41) is 15.4. The molecular formula is C18H16IN5O. The standard InChI is InChI=1S/C18H16IN5O/c1-2-25-17-6-4-3-5-14(17)16-11-15(12-7-9-13(19)10-8-12)20-18-21-22-23-24(16)18/h3-11,16H,2H2,1H3,(H,20,21,23)/t16-/m0/s1. The number of ether oxygens (including phenoxy) is 1. The Morgan fingerprint density at radius 2 is 1.96 bits per heavy atom. The van der Waals surface area contributed by atoms with Crippen LogP contribution in [0.5, 0.6) is 5.75 Å². The summed E-state index contributed by atoms with van der Waals surface area (Å²) in [6.45, 7) is 2.59. The Labute approximate surface area is 159 Å². The van der Waals surface area contributed by atoms with Crippen LogP contribution in [-0.4, -0.2) is 26.8 Å². The Balaban J connectivity index is 1.81. The quantitative estimate of drug-likeness (QED) is 0.621. The fraction of sp³-hybridized carbons (Fsp3) is 0.167. The average molecular weight is 445 g/mol. The van der Waals surface area contributed by atoms with Gasteiger partial charge in [-0.3, -0.25) is 0 Å². The zero-order valence-corrected chi connectivity index (χ0v) is 15.7. The van der Waals surface area contributed by atoms with Crippen molar-refractivity contribution in [3.8, 4) is 5.75 Å². The Kier molecular flexibility index (Phi) is 4.39. The molecule has 0 unspecified atom stereocenters. The van der Waals surface area contributed by atoms with E-state index in [1.54, 1.807) is 4.68 Å². The Hall–Kier alpha value is -2.42. The molecule has 0 amide bonds. The van der Waals surface area contributed by atoms with Gasteiger partial charge in [-0.1, -0.05) is 35.4 Å². The number of benzene rings is 2. The van der Waals surface area contributed by atoms with Crippen molar-refractivity contribution in [1.29, 1.82) is 0 Å². The highest BCUT2D eigenvalue weighted by molar-refractivity contribution is 14.1. The molecule has 0 saturated carbocycles. The summed E-state index contributed by atoms with van der Waals surface area (Å²) in [5.74, 6) is 1.46. The maximum Gasteiger partial charge on any atom is 0.248 e. The summed E-state index contributed by atoms with van der Waals surface area (Å²) in [6.07, 6.45) is 2.13. The molecule has 0 fully saturated rings. The first-order chi connectivity index (χ1) is 12.3. The predicted molar refractivity (Wildman–Crippen MR) is 104 cm³/mol. The molecule has 0 saturated heterocycles. The van der Waals surface area contributed by atoms with Crippen LogP contribution >= 0.6 is 22.6 Å². The lowest BCUT2D eigenvalue weighted by atomic mass is 10.0. The molecule has 6 nitrogen and oxygen atoms in total. The van der Waals surface area contributed by atoms with Crippen LogP contribution in [0.15, 0.2) is 54.6 Å². The van der Waals surface area contributed by atoms with Gasteiger partial charge in [0, 0.05) is 14.8 Å². The minimum Gasteiger partial charge on any atom is -0.494 e. The van der Waals surface area contributed by atoms with Gasteiger partial charge in [-0.25, -0.2) is 0 Å². The van der Waals surface area contributed by atoms with Crippen LogP contribution in [0.3, 0.4) is 0 Å². The van der Waals surface area contributed by atoms with Gasteiger partial charge in [0.25, 0.3) is 0 Å². The van der Waals surface area contributed by atoms with Gasteiger partial charge in [-0.15, -0.1) is 0 Å². The third-order valence-electron chi connectivity index (χ3n) is 4.02. The van der Waals surface area contributed by atoms with Crippen LogP contribution in [0, 0.1) is 3.57 Å². The molecule has 4 rings (SSSR count). The number of nitrogens with zero attached hydrogens (tertiary/aromatic N) is 4. The lowest BCUT2D eigenvalue weighted by Crippen LogP contribution is -2.20. The number of fused-ring (bicyclic) bond motifs is 1. The van der Waals surface area contributed by atoms with Gasteiger partial charge in [0.15, 0.2) is 0 Å². The number of tetrazole rings is 1. The number of anilines is 1. The number of allylic oxidation sites excluding steroid dienone is 1. The van der Waals surface area contributed by atoms with Gasteiger partial charge in [-0.05, 0) is 69.8 Å². The molecule has 2 aromatic carbocycles. The SMILES string of the molecule is CCOc1ccccc1[C@@H]1C=C(c2ccc(I)cc2)Nc2nnnn21. The molecule has 1 aromatic heterocycles. The molecule has 0 bridgehead atoms. The number of hydrogen-bond acceptors (Lipinski definition) is 5. The largest absolute Gasteiger partial charge is 0.494 e. The molecule has 0 aliphatic carbocycles. The van der Waals surface area contributed by atoms with Gasteiger partial charge in [0.2, 0.25) is 5.95 Å². The molecule has 1 aliphatic heterocycles. The average Bonchev–Trinajstić information content (AvgIpc) is 3.11. The molecule has 2 heterocycles. The second-order valence-corrected chi connectivity index (χ2v) is 6.82. The number of hydrogen-bond donors (Lipinski definition) is 1. The smallest absolute Gasteiger partial charge is 0.248 e. The van der Waals surface area contributed by atoms with Gasteiger partial charge in [-0.2, -0.15) is 4.68 Å². The van der Waals surface area contributed by atoms with Gasteiger partial charge in [0.1, 0.15) is 11.8 Å². The predicted octanol–water partition coefficient (Wildman–Crippen LogP) is 3.73. The van der Waals surface area contributed by atoms with Crippen molar-refractivity contribution in [2.75, 3.05) is 11.9 Å². The summed E-state index contributed by atoms with van der Waals surface area (Å²) in [6, 6.07) is 16.2. The van der Waals surface area contributed by atoms with E-state index < -0.39 is 0 Å². The van der Waals surface area contributed by atoms with Crippen molar-refractivity contribution in [1.82, 2.24) is 20.2 Å². The van der Waals surface area contributed by atoms with Crippen molar-refractivity contribution in [3.63, 3.8) is 0 Å². The Morgan fingerprint density at radius 3 is 2.76 bits per heavy atom. The summed E-state index contributed by atoms with van der Waals surface area (Å²) < 4.78 is 8.77. The summed E-state index contributed by atoms with van der Waals surface area (Å²) in [5.41, 5.74) is 3.10. The van der Waals surface area contributed by atoms with E-state index in [1.165, 1.54) is 3.57 Å². The van der Waals surface area contributed by atoms with Crippen LogP contribution in [-0.2, 0) is 0 Å². The van der Waals surface area contributed by atoms with E-state index in [1.807, 2.05) is 25.1 Å². The van der Waals surface area contributed by atoms with Crippen molar-refractivity contribution >= 4 is 34.2 Å². The third kappa shape index (κ3) is 3.11. The van der Waals surface area contributed by atoms with Crippen molar-refractivity contribution < 1.29 is 4.74 Å². The summed E-state index contributed by atoms with van der Waals surface area (Å²) in [4.78, 5) is 0. The van der Waals surface area contributed by atoms with Crippen LogP contribution < -0.4 is 10.1 Å². The first-order valence-electron chi connectivity index (χ1n) is 8.00. The first-order valence-corrected chi connectivity index (χ1v) is 9.08. The third-order valence-corrected chi connectivity index (χ3v) is 4.74. The molecule has 3 aromatic rings. The molecule has 7 heteroatoms. The molecule has 0 radical (unpaired) electrons. The lowest BCUT2D eigenvalue weighted by Gasteiger charge is -2.24. The summed E-state index contributed by atoms with van der Waals surface area (Å²) in [7, 11) is 0. The highest BCUT2D eigenvalue weighted by atomic mass is 127. The van der Waals surface area contributed by atoms with Crippen molar-refractivity contribution in [3.05, 3.63) is 69.3 Å². The molecule has 1 aliphatic rings. The lowest BCUT2D eigenvalue weighted by molar-refractivity contribution is 0.333. The van der Waals surface area contributed by atoms with E-state index in [9.17, 15) is 0 Å². The van der Waals surface area contributed by atoms with E-state index in [-0.39, 0.29) is 6.04 Å². The van der Waals surface area contributed by atoms with Gasteiger partial charge < -0.3 is 10.1 Å². The van der Waals surface area contributed by atoms with Gasteiger partial charge in [0.05, 0.1) is 6.61 Å². The zero-order chi connectivity index (χ0) is 17.2. The summed E-state index contributed by atoms with van der Waals surface area (Å²) >= 11 is 2.30. The number of aromatic nitrogens is 4. The fourth-order valence-electron chi connectivity index (χ4n) is 2.89. The number of nitrogens with one attached hydrogen (secondary N) is 1. The minimum atomic E-state index is -0.136. The normalized spacial score (nSPS) is 15.9. The number of rotatable bonds is 4. The van der Waals surface area contributed by atoms with Crippen LogP contribution in [0.4, 0.5) is 5.95 Å². The Bertz CT molecular complexity index is 919. The fourth-order valence-corrected chi connectivity index (χ4v) is 3.24.